The van der Waals surface area contributed by atoms with E-state index in [0.29, 0.717) is 12.1 Å². The standard InChI is InChI=1S/C12H17FN2O2/c1-8(6-12(14)17)15-7-11(16)9-2-4-10(13)5-3-9/h2-5,8,11,15-16H,6-7H2,1H3,(H2,14,17). The monoisotopic (exact) mass is 240 g/mol. The summed E-state index contributed by atoms with van der Waals surface area (Å²) in [6.07, 6.45) is -0.512. The summed E-state index contributed by atoms with van der Waals surface area (Å²) < 4.78 is 12.7. The Morgan fingerprint density at radius 3 is 2.59 bits per heavy atom. The van der Waals surface area contributed by atoms with Crippen LogP contribution < -0.4 is 11.1 Å². The van der Waals surface area contributed by atoms with E-state index in [1.165, 1.54) is 24.3 Å². The maximum atomic E-state index is 12.7. The normalized spacial score (nSPS) is 14.3. The minimum atomic E-state index is -0.731. The number of amides is 1. The number of halogens is 1. The Morgan fingerprint density at radius 1 is 1.47 bits per heavy atom. The minimum absolute atomic E-state index is 0.0948. The Bertz CT molecular complexity index is 367. The summed E-state index contributed by atoms with van der Waals surface area (Å²) in [7, 11) is 0. The largest absolute Gasteiger partial charge is 0.387 e. The lowest BCUT2D eigenvalue weighted by atomic mass is 10.1. The van der Waals surface area contributed by atoms with Crippen LogP contribution in [0.1, 0.15) is 25.0 Å². The number of rotatable bonds is 6. The lowest BCUT2D eigenvalue weighted by Crippen LogP contribution is -2.33. The molecule has 1 aromatic carbocycles. The molecule has 0 aliphatic heterocycles. The predicted octanol–water partition coefficient (Wildman–Crippen LogP) is 0.713. The Kier molecular flexibility index (Phi) is 5.06. The third-order valence-corrected chi connectivity index (χ3v) is 2.42. The Labute approximate surface area is 99.6 Å². The summed E-state index contributed by atoms with van der Waals surface area (Å²) >= 11 is 0. The molecule has 0 heterocycles. The summed E-state index contributed by atoms with van der Waals surface area (Å²) in [5.74, 6) is -0.725. The molecule has 4 nitrogen and oxygen atoms in total. The van der Waals surface area contributed by atoms with Crippen LogP contribution in [-0.4, -0.2) is 23.6 Å². The first-order chi connectivity index (χ1) is 7.99. The molecule has 1 aromatic rings. The molecule has 2 atom stereocenters. The number of nitrogens with one attached hydrogen (secondary N) is 1. The minimum Gasteiger partial charge on any atom is -0.387 e. The Morgan fingerprint density at radius 2 is 2.06 bits per heavy atom. The molecule has 0 bridgehead atoms. The van der Waals surface area contributed by atoms with Crippen LogP contribution >= 0.6 is 0 Å². The van der Waals surface area contributed by atoms with Crippen LogP contribution in [0.2, 0.25) is 0 Å². The average Bonchev–Trinajstić information content (AvgIpc) is 2.26. The molecule has 0 spiro atoms. The number of aliphatic hydroxyl groups is 1. The van der Waals surface area contributed by atoms with Gasteiger partial charge in [-0.25, -0.2) is 4.39 Å². The zero-order valence-corrected chi connectivity index (χ0v) is 9.69. The molecule has 1 rings (SSSR count). The summed E-state index contributed by atoms with van der Waals surface area (Å²) in [5, 5.41) is 12.8. The molecule has 17 heavy (non-hydrogen) atoms. The molecule has 0 saturated heterocycles. The van der Waals surface area contributed by atoms with Gasteiger partial charge in [-0.1, -0.05) is 12.1 Å². The van der Waals surface area contributed by atoms with Gasteiger partial charge in [0.15, 0.2) is 0 Å². The van der Waals surface area contributed by atoms with Gasteiger partial charge in [0.2, 0.25) is 5.91 Å². The SMILES string of the molecule is CC(CC(N)=O)NCC(O)c1ccc(F)cc1. The van der Waals surface area contributed by atoms with Gasteiger partial charge in [-0.2, -0.15) is 0 Å². The van der Waals surface area contributed by atoms with Crippen molar-refractivity contribution in [1.29, 1.82) is 0 Å². The number of hydrogen-bond acceptors (Lipinski definition) is 3. The van der Waals surface area contributed by atoms with Gasteiger partial charge in [-0.15, -0.1) is 0 Å². The highest BCUT2D eigenvalue weighted by Crippen LogP contribution is 2.12. The summed E-state index contributed by atoms with van der Waals surface area (Å²) in [4.78, 5) is 10.6. The lowest BCUT2D eigenvalue weighted by molar-refractivity contribution is -0.118. The second-order valence-corrected chi connectivity index (χ2v) is 4.05. The van der Waals surface area contributed by atoms with Crippen molar-refractivity contribution >= 4 is 5.91 Å². The summed E-state index contributed by atoms with van der Waals surface area (Å²) in [5.41, 5.74) is 5.67. The average molecular weight is 240 g/mol. The van der Waals surface area contributed by atoms with Gasteiger partial charge in [0.25, 0.3) is 0 Å². The third-order valence-electron chi connectivity index (χ3n) is 2.42. The first-order valence-corrected chi connectivity index (χ1v) is 5.44. The summed E-state index contributed by atoms with van der Waals surface area (Å²) in [6.45, 7) is 2.10. The van der Waals surface area contributed by atoms with E-state index in [-0.39, 0.29) is 24.2 Å². The molecule has 2 unspecified atom stereocenters. The molecule has 0 fully saturated rings. The van der Waals surface area contributed by atoms with Gasteiger partial charge in [-0.05, 0) is 24.6 Å². The quantitative estimate of drug-likeness (QED) is 0.685. The topological polar surface area (TPSA) is 75.4 Å². The highest BCUT2D eigenvalue weighted by Gasteiger charge is 2.10. The van der Waals surface area contributed by atoms with Crippen molar-refractivity contribution in [2.75, 3.05) is 6.54 Å². The molecule has 0 aliphatic rings. The third kappa shape index (κ3) is 4.93. The van der Waals surface area contributed by atoms with E-state index in [4.69, 9.17) is 5.73 Å². The van der Waals surface area contributed by atoms with Crippen LogP contribution in [0.4, 0.5) is 4.39 Å². The number of carbonyl (C=O) groups is 1. The van der Waals surface area contributed by atoms with Crippen LogP contribution in [0.25, 0.3) is 0 Å². The lowest BCUT2D eigenvalue weighted by Gasteiger charge is -2.16. The van der Waals surface area contributed by atoms with Crippen molar-refractivity contribution in [3.8, 4) is 0 Å². The maximum absolute atomic E-state index is 12.7. The van der Waals surface area contributed by atoms with E-state index in [0.717, 1.165) is 0 Å². The van der Waals surface area contributed by atoms with E-state index in [9.17, 15) is 14.3 Å². The number of nitrogens with two attached hydrogens (primary N) is 1. The van der Waals surface area contributed by atoms with Crippen molar-refractivity contribution < 1.29 is 14.3 Å². The highest BCUT2D eigenvalue weighted by atomic mass is 19.1. The summed E-state index contributed by atoms with van der Waals surface area (Å²) in [6, 6.07) is 5.56. The number of primary amides is 1. The fraction of sp³-hybridized carbons (Fsp3) is 0.417. The number of carbonyl (C=O) groups excluding carboxylic acids is 1. The van der Waals surface area contributed by atoms with Crippen LogP contribution in [0.5, 0.6) is 0 Å². The fourth-order valence-corrected chi connectivity index (χ4v) is 1.49. The zero-order valence-electron chi connectivity index (χ0n) is 9.69. The van der Waals surface area contributed by atoms with Gasteiger partial charge in [0.1, 0.15) is 5.82 Å². The van der Waals surface area contributed by atoms with E-state index in [2.05, 4.69) is 5.32 Å². The van der Waals surface area contributed by atoms with Crippen molar-refractivity contribution in [2.24, 2.45) is 5.73 Å². The van der Waals surface area contributed by atoms with E-state index in [1.54, 1.807) is 0 Å². The van der Waals surface area contributed by atoms with Crippen molar-refractivity contribution in [3.05, 3.63) is 35.6 Å². The second kappa shape index (κ2) is 6.32. The molecule has 0 saturated carbocycles. The predicted molar refractivity (Wildman–Crippen MR) is 62.6 cm³/mol. The zero-order chi connectivity index (χ0) is 12.8. The van der Waals surface area contributed by atoms with Gasteiger partial charge < -0.3 is 16.2 Å². The van der Waals surface area contributed by atoms with Gasteiger partial charge in [0.05, 0.1) is 6.10 Å². The van der Waals surface area contributed by atoms with Crippen molar-refractivity contribution in [2.45, 2.75) is 25.5 Å². The van der Waals surface area contributed by atoms with Crippen LogP contribution in [0.3, 0.4) is 0 Å². The molecular formula is C12H17FN2O2. The van der Waals surface area contributed by atoms with Crippen molar-refractivity contribution in [1.82, 2.24) is 5.32 Å². The molecular weight excluding hydrogens is 223 g/mol. The van der Waals surface area contributed by atoms with Crippen LogP contribution in [-0.2, 0) is 4.79 Å². The van der Waals surface area contributed by atoms with Gasteiger partial charge in [0, 0.05) is 19.0 Å². The molecule has 0 radical (unpaired) electrons. The Balaban J connectivity index is 2.41. The van der Waals surface area contributed by atoms with E-state index < -0.39 is 6.10 Å². The molecule has 4 N–H and O–H groups in total. The second-order valence-electron chi connectivity index (χ2n) is 4.05. The highest BCUT2D eigenvalue weighted by molar-refractivity contribution is 5.74. The molecule has 94 valence electrons. The fourth-order valence-electron chi connectivity index (χ4n) is 1.49. The molecule has 1 amide bonds. The van der Waals surface area contributed by atoms with Crippen molar-refractivity contribution in [3.63, 3.8) is 0 Å². The smallest absolute Gasteiger partial charge is 0.218 e. The van der Waals surface area contributed by atoms with Crippen LogP contribution in [0, 0.1) is 5.82 Å². The van der Waals surface area contributed by atoms with E-state index in [1.807, 2.05) is 6.92 Å². The van der Waals surface area contributed by atoms with E-state index >= 15 is 0 Å². The molecule has 0 aromatic heterocycles. The number of aliphatic hydroxyl groups excluding tert-OH is 1. The first kappa shape index (κ1) is 13.6. The molecule has 5 heteroatoms. The van der Waals surface area contributed by atoms with Crippen LogP contribution in [0.15, 0.2) is 24.3 Å². The Hall–Kier alpha value is -1.46. The number of benzene rings is 1. The van der Waals surface area contributed by atoms with Gasteiger partial charge >= 0.3 is 0 Å². The van der Waals surface area contributed by atoms with Gasteiger partial charge in [-0.3, -0.25) is 4.79 Å². The molecule has 0 aliphatic carbocycles. The maximum Gasteiger partial charge on any atom is 0.218 e. The first-order valence-electron chi connectivity index (χ1n) is 5.44. The number of hydrogen-bond donors (Lipinski definition) is 3.